The van der Waals surface area contributed by atoms with Crippen molar-refractivity contribution >= 4 is 28.4 Å². The number of benzene rings is 2. The maximum atomic E-state index is 11.0. The van der Waals surface area contributed by atoms with E-state index in [9.17, 15) is 4.79 Å². The highest BCUT2D eigenvalue weighted by Crippen LogP contribution is 2.22. The average Bonchev–Trinajstić information content (AvgIpc) is 2.91. The number of nitrogens with two attached hydrogens (primary N) is 1. The zero-order valence-electron chi connectivity index (χ0n) is 11.2. The quantitative estimate of drug-likeness (QED) is 0.686. The molecular weight excluding hydrogens is 268 g/mol. The molecule has 0 spiro atoms. The number of hydrogen-bond acceptors (Lipinski definition) is 4. The third kappa shape index (κ3) is 2.56. The molecule has 0 unspecified atom stereocenters. The van der Waals surface area contributed by atoms with Crippen molar-refractivity contribution in [2.45, 2.75) is 6.54 Å². The first-order chi connectivity index (χ1) is 10.2. The summed E-state index contributed by atoms with van der Waals surface area (Å²) >= 11 is 0. The van der Waals surface area contributed by atoms with Crippen LogP contribution in [0, 0.1) is 0 Å². The number of carboxylic acid groups (broad SMARTS) is 1. The molecule has 0 bridgehead atoms. The van der Waals surface area contributed by atoms with Crippen LogP contribution >= 0.6 is 0 Å². The third-order valence-electron chi connectivity index (χ3n) is 3.23. The van der Waals surface area contributed by atoms with Crippen LogP contribution in [-0.4, -0.2) is 21.0 Å². The summed E-state index contributed by atoms with van der Waals surface area (Å²) in [5.41, 5.74) is 9.00. The topological polar surface area (TPSA) is 93.2 Å². The van der Waals surface area contributed by atoms with Gasteiger partial charge >= 0.3 is 6.09 Å². The maximum Gasteiger partial charge on any atom is 0.432 e. The van der Waals surface area contributed by atoms with Gasteiger partial charge in [-0.2, -0.15) is 9.78 Å². The first-order valence-corrected chi connectivity index (χ1v) is 6.44. The van der Waals surface area contributed by atoms with Gasteiger partial charge in [-0.25, -0.2) is 4.79 Å². The Hall–Kier alpha value is -2.86. The maximum absolute atomic E-state index is 11.0. The molecule has 0 amide bonds. The second-order valence-corrected chi connectivity index (χ2v) is 4.64. The molecule has 1 aromatic heterocycles. The van der Waals surface area contributed by atoms with Crippen molar-refractivity contribution in [1.82, 2.24) is 9.78 Å². The Bertz CT molecular complexity index is 793. The molecule has 2 aromatic carbocycles. The minimum atomic E-state index is -1.09. The monoisotopic (exact) mass is 282 g/mol. The van der Waals surface area contributed by atoms with E-state index in [0.29, 0.717) is 12.1 Å². The van der Waals surface area contributed by atoms with Crippen LogP contribution in [0.4, 0.5) is 16.2 Å². The van der Waals surface area contributed by atoms with Crippen molar-refractivity contribution in [2.24, 2.45) is 5.73 Å². The van der Waals surface area contributed by atoms with Crippen LogP contribution in [0.5, 0.6) is 0 Å². The lowest BCUT2D eigenvalue weighted by Gasteiger charge is -2.07. The van der Waals surface area contributed by atoms with E-state index in [-0.39, 0.29) is 0 Å². The fraction of sp³-hybridized carbons (Fsp3) is 0.0667. The first kappa shape index (κ1) is 13.1. The van der Waals surface area contributed by atoms with Crippen molar-refractivity contribution in [3.8, 4) is 0 Å². The van der Waals surface area contributed by atoms with Gasteiger partial charge in [0.05, 0.1) is 11.7 Å². The second-order valence-electron chi connectivity index (χ2n) is 4.64. The molecule has 0 aliphatic heterocycles. The summed E-state index contributed by atoms with van der Waals surface area (Å²) < 4.78 is 0.954. The van der Waals surface area contributed by atoms with Crippen molar-refractivity contribution in [1.29, 1.82) is 0 Å². The van der Waals surface area contributed by atoms with Gasteiger partial charge in [0.25, 0.3) is 0 Å². The first-order valence-electron chi connectivity index (χ1n) is 6.44. The van der Waals surface area contributed by atoms with Crippen LogP contribution < -0.4 is 11.1 Å². The Balaban J connectivity index is 1.88. The number of nitrogens with zero attached hydrogens (tertiary/aromatic N) is 2. The van der Waals surface area contributed by atoms with Gasteiger partial charge in [0.15, 0.2) is 0 Å². The third-order valence-corrected chi connectivity index (χ3v) is 3.23. The molecule has 6 nitrogen and oxygen atoms in total. The molecule has 3 aromatic rings. The number of anilines is 2. The highest BCUT2D eigenvalue weighted by atomic mass is 16.4. The zero-order chi connectivity index (χ0) is 14.8. The Morgan fingerprint density at radius 1 is 1.19 bits per heavy atom. The summed E-state index contributed by atoms with van der Waals surface area (Å²) in [7, 11) is 0. The standard InChI is InChI=1S/C15H14N4O2/c16-8-10-1-3-12(4-2-10)18-13-5-6-14-11(7-13)9-17-19(14)15(20)21/h1-7,9,18H,8,16H2,(H,20,21). The van der Waals surface area contributed by atoms with Crippen molar-refractivity contribution in [3.05, 3.63) is 54.2 Å². The molecule has 0 saturated carbocycles. The average molecular weight is 282 g/mol. The Morgan fingerprint density at radius 3 is 2.57 bits per heavy atom. The molecule has 4 N–H and O–H groups in total. The predicted octanol–water partition coefficient (Wildman–Crippen LogP) is 2.76. The summed E-state index contributed by atoms with van der Waals surface area (Å²) in [6, 6.07) is 13.2. The number of hydrogen-bond donors (Lipinski definition) is 3. The number of nitrogens with one attached hydrogen (secondary N) is 1. The van der Waals surface area contributed by atoms with Crippen LogP contribution in [0.25, 0.3) is 10.9 Å². The lowest BCUT2D eigenvalue weighted by Crippen LogP contribution is -2.08. The molecule has 3 rings (SSSR count). The molecular formula is C15H14N4O2. The number of carbonyl (C=O) groups is 1. The summed E-state index contributed by atoms with van der Waals surface area (Å²) in [6.07, 6.45) is 0.440. The largest absolute Gasteiger partial charge is 0.463 e. The van der Waals surface area contributed by atoms with Crippen molar-refractivity contribution < 1.29 is 9.90 Å². The van der Waals surface area contributed by atoms with Gasteiger partial charge in [-0.05, 0) is 35.9 Å². The molecule has 0 saturated heterocycles. The molecule has 6 heteroatoms. The minimum Gasteiger partial charge on any atom is -0.463 e. The van der Waals surface area contributed by atoms with Crippen LogP contribution in [0.15, 0.2) is 48.7 Å². The van der Waals surface area contributed by atoms with Crippen LogP contribution in [0.1, 0.15) is 5.56 Å². The minimum absolute atomic E-state index is 0.514. The van der Waals surface area contributed by atoms with Crippen molar-refractivity contribution in [2.75, 3.05) is 5.32 Å². The van der Waals surface area contributed by atoms with E-state index in [1.807, 2.05) is 36.4 Å². The Labute approximate surface area is 120 Å². The van der Waals surface area contributed by atoms with Gasteiger partial charge in [-0.1, -0.05) is 12.1 Å². The van der Waals surface area contributed by atoms with Crippen LogP contribution in [-0.2, 0) is 6.54 Å². The highest BCUT2D eigenvalue weighted by molar-refractivity contribution is 5.89. The summed E-state index contributed by atoms with van der Waals surface area (Å²) in [6.45, 7) is 0.514. The molecule has 21 heavy (non-hydrogen) atoms. The predicted molar refractivity (Wildman–Crippen MR) is 80.8 cm³/mol. The second kappa shape index (κ2) is 5.26. The van der Waals surface area contributed by atoms with E-state index < -0.39 is 6.09 Å². The Morgan fingerprint density at radius 2 is 1.90 bits per heavy atom. The molecule has 106 valence electrons. The van der Waals surface area contributed by atoms with Crippen molar-refractivity contribution in [3.63, 3.8) is 0 Å². The number of fused-ring (bicyclic) bond motifs is 1. The normalized spacial score (nSPS) is 10.7. The molecule has 0 aliphatic rings. The zero-order valence-corrected chi connectivity index (χ0v) is 11.2. The highest BCUT2D eigenvalue weighted by Gasteiger charge is 2.08. The summed E-state index contributed by atoms with van der Waals surface area (Å²) in [4.78, 5) is 11.0. The van der Waals surface area contributed by atoms with E-state index >= 15 is 0 Å². The van der Waals surface area contributed by atoms with Crippen LogP contribution in [0.2, 0.25) is 0 Å². The number of aromatic nitrogens is 2. The van der Waals surface area contributed by atoms with Gasteiger partial charge in [-0.15, -0.1) is 0 Å². The van der Waals surface area contributed by atoms with E-state index in [0.717, 1.165) is 27.0 Å². The van der Waals surface area contributed by atoms with Gasteiger partial charge in [-0.3, -0.25) is 0 Å². The van der Waals surface area contributed by atoms with E-state index in [1.165, 1.54) is 6.20 Å². The Kier molecular flexibility index (Phi) is 3.29. The fourth-order valence-electron chi connectivity index (χ4n) is 2.15. The van der Waals surface area contributed by atoms with Gasteiger partial charge in [0, 0.05) is 23.3 Å². The van der Waals surface area contributed by atoms with Gasteiger partial charge in [0.1, 0.15) is 0 Å². The number of rotatable bonds is 3. The van der Waals surface area contributed by atoms with E-state index in [2.05, 4.69) is 10.4 Å². The molecule has 0 atom stereocenters. The lowest BCUT2D eigenvalue weighted by molar-refractivity contribution is 0.194. The van der Waals surface area contributed by atoms with Gasteiger partial charge < -0.3 is 16.2 Å². The molecule has 0 aliphatic carbocycles. The summed E-state index contributed by atoms with van der Waals surface area (Å²) in [5.74, 6) is 0. The molecule has 0 radical (unpaired) electrons. The van der Waals surface area contributed by atoms with Crippen LogP contribution in [0.3, 0.4) is 0 Å². The SMILES string of the molecule is NCc1ccc(Nc2ccc3c(cnn3C(=O)O)c2)cc1. The lowest BCUT2D eigenvalue weighted by atomic mass is 10.2. The smallest absolute Gasteiger partial charge is 0.432 e. The van der Waals surface area contributed by atoms with E-state index in [4.69, 9.17) is 10.8 Å². The molecule has 0 fully saturated rings. The fourth-order valence-corrected chi connectivity index (χ4v) is 2.15. The molecule has 1 heterocycles. The van der Waals surface area contributed by atoms with E-state index in [1.54, 1.807) is 6.07 Å². The summed E-state index contributed by atoms with van der Waals surface area (Å²) in [5, 5.41) is 16.9. The van der Waals surface area contributed by atoms with Gasteiger partial charge in [0.2, 0.25) is 0 Å².